The lowest BCUT2D eigenvalue weighted by Gasteiger charge is -2.18. The number of carbonyl (C=O) groups is 2. The number of carboxylic acid groups (broad SMARTS) is 1. The second-order valence-corrected chi connectivity index (χ2v) is 4.60. The highest BCUT2D eigenvalue weighted by Crippen LogP contribution is 2.13. The number of amides is 1. The van der Waals surface area contributed by atoms with Gasteiger partial charge in [-0.05, 0) is 26.0 Å². The molecule has 116 valence electrons. The molecule has 0 spiro atoms. The molecule has 1 amide bonds. The lowest BCUT2D eigenvalue weighted by Crippen LogP contribution is -2.47. The number of benzene rings is 1. The van der Waals surface area contributed by atoms with Gasteiger partial charge in [-0.15, -0.1) is 0 Å². The summed E-state index contributed by atoms with van der Waals surface area (Å²) in [5, 5.41) is 10.8. The Labute approximate surface area is 120 Å². The number of rotatable bonds is 7. The fourth-order valence-electron chi connectivity index (χ4n) is 1.56. The van der Waals surface area contributed by atoms with E-state index < -0.39 is 36.9 Å². The zero-order chi connectivity index (χ0) is 16.0. The number of hydrogen-bond acceptors (Lipinski definition) is 3. The van der Waals surface area contributed by atoms with E-state index in [2.05, 4.69) is 0 Å². The van der Waals surface area contributed by atoms with Gasteiger partial charge in [0.2, 0.25) is 6.43 Å². The summed E-state index contributed by atoms with van der Waals surface area (Å²) in [5.41, 5.74) is 1.02. The highest BCUT2D eigenvalue weighted by atomic mass is 19.3. The SMILES string of the molecule is Cc1ccc(OC(C)C(=O)NC(CC(F)F)C(=O)O)cc1. The summed E-state index contributed by atoms with van der Waals surface area (Å²) in [6, 6.07) is 5.26. The van der Waals surface area contributed by atoms with Crippen molar-refractivity contribution >= 4 is 11.9 Å². The predicted octanol–water partition coefficient (Wildman–Crippen LogP) is 1.99. The normalized spacial score (nSPS) is 13.6. The lowest BCUT2D eigenvalue weighted by molar-refractivity contribution is -0.144. The number of nitrogens with one attached hydrogen (secondary N) is 1. The quantitative estimate of drug-likeness (QED) is 0.807. The van der Waals surface area contributed by atoms with Crippen molar-refractivity contribution in [1.82, 2.24) is 5.32 Å². The summed E-state index contributed by atoms with van der Waals surface area (Å²) in [6.07, 6.45) is -4.76. The van der Waals surface area contributed by atoms with E-state index >= 15 is 0 Å². The third kappa shape index (κ3) is 5.76. The highest BCUT2D eigenvalue weighted by molar-refractivity contribution is 5.86. The minimum absolute atomic E-state index is 0.434. The van der Waals surface area contributed by atoms with Gasteiger partial charge in [0.25, 0.3) is 5.91 Å². The third-order valence-electron chi connectivity index (χ3n) is 2.73. The van der Waals surface area contributed by atoms with Crippen LogP contribution in [0, 0.1) is 6.92 Å². The molecule has 1 aromatic carbocycles. The number of aryl methyl sites for hydroxylation is 1. The smallest absolute Gasteiger partial charge is 0.326 e. The molecule has 1 rings (SSSR count). The van der Waals surface area contributed by atoms with E-state index in [4.69, 9.17) is 9.84 Å². The van der Waals surface area contributed by atoms with Crippen molar-refractivity contribution < 1.29 is 28.2 Å². The zero-order valence-electron chi connectivity index (χ0n) is 11.7. The van der Waals surface area contributed by atoms with Gasteiger partial charge in [0, 0.05) is 6.42 Å². The summed E-state index contributed by atoms with van der Waals surface area (Å²) in [7, 11) is 0. The van der Waals surface area contributed by atoms with E-state index in [-0.39, 0.29) is 0 Å². The van der Waals surface area contributed by atoms with Gasteiger partial charge in [0.1, 0.15) is 11.8 Å². The molecule has 0 aromatic heterocycles. The van der Waals surface area contributed by atoms with Crippen molar-refractivity contribution in [3.63, 3.8) is 0 Å². The first-order valence-corrected chi connectivity index (χ1v) is 6.34. The second-order valence-electron chi connectivity index (χ2n) is 4.60. The number of hydrogen-bond donors (Lipinski definition) is 2. The minimum Gasteiger partial charge on any atom is -0.481 e. The van der Waals surface area contributed by atoms with Crippen molar-refractivity contribution in [3.05, 3.63) is 29.8 Å². The predicted molar refractivity (Wildman–Crippen MR) is 71.5 cm³/mol. The van der Waals surface area contributed by atoms with Crippen molar-refractivity contribution in [2.24, 2.45) is 0 Å². The minimum atomic E-state index is -2.82. The van der Waals surface area contributed by atoms with Crippen LogP contribution in [0.2, 0.25) is 0 Å². The van der Waals surface area contributed by atoms with E-state index in [9.17, 15) is 18.4 Å². The standard InChI is InChI=1S/C14H17F2NO4/c1-8-3-5-10(6-4-8)21-9(2)13(18)17-11(14(19)20)7-12(15)16/h3-6,9,11-12H,7H2,1-2H3,(H,17,18)(H,19,20). The Morgan fingerprint density at radius 1 is 1.29 bits per heavy atom. The fraction of sp³-hybridized carbons (Fsp3) is 0.429. The zero-order valence-corrected chi connectivity index (χ0v) is 11.7. The topological polar surface area (TPSA) is 75.6 Å². The third-order valence-corrected chi connectivity index (χ3v) is 2.73. The Morgan fingerprint density at radius 2 is 1.86 bits per heavy atom. The van der Waals surface area contributed by atoms with Crippen LogP contribution in [0.25, 0.3) is 0 Å². The Kier molecular flexibility index (Phi) is 6.08. The molecule has 21 heavy (non-hydrogen) atoms. The number of ether oxygens (including phenoxy) is 1. The first-order chi connectivity index (χ1) is 9.79. The number of carbonyl (C=O) groups excluding carboxylic acids is 1. The van der Waals surface area contributed by atoms with Gasteiger partial charge in [-0.1, -0.05) is 17.7 Å². The van der Waals surface area contributed by atoms with Gasteiger partial charge in [-0.2, -0.15) is 0 Å². The molecule has 0 fully saturated rings. The molecule has 0 radical (unpaired) electrons. The molecule has 0 aliphatic heterocycles. The van der Waals surface area contributed by atoms with Crippen LogP contribution in [0.5, 0.6) is 5.75 Å². The molecule has 0 saturated carbocycles. The van der Waals surface area contributed by atoms with E-state index in [0.29, 0.717) is 5.75 Å². The van der Waals surface area contributed by atoms with E-state index in [0.717, 1.165) is 5.56 Å². The molecule has 2 atom stereocenters. The van der Waals surface area contributed by atoms with Gasteiger partial charge in [-0.25, -0.2) is 13.6 Å². The Balaban J connectivity index is 2.60. The van der Waals surface area contributed by atoms with Gasteiger partial charge < -0.3 is 15.2 Å². The van der Waals surface area contributed by atoms with Crippen molar-refractivity contribution in [3.8, 4) is 5.75 Å². The molecule has 0 aliphatic carbocycles. The largest absolute Gasteiger partial charge is 0.481 e. The molecule has 2 unspecified atom stereocenters. The first-order valence-electron chi connectivity index (χ1n) is 6.34. The highest BCUT2D eigenvalue weighted by Gasteiger charge is 2.26. The molecular formula is C14H17F2NO4. The van der Waals surface area contributed by atoms with Crippen LogP contribution in [0.1, 0.15) is 18.9 Å². The maximum absolute atomic E-state index is 12.2. The van der Waals surface area contributed by atoms with Gasteiger partial charge in [-0.3, -0.25) is 4.79 Å². The summed E-state index contributed by atoms with van der Waals surface area (Å²) >= 11 is 0. The molecule has 0 bridgehead atoms. The molecule has 7 heteroatoms. The number of aliphatic carboxylic acids is 1. The summed E-state index contributed by atoms with van der Waals surface area (Å²) < 4.78 is 29.8. The van der Waals surface area contributed by atoms with Crippen molar-refractivity contribution in [1.29, 1.82) is 0 Å². The maximum atomic E-state index is 12.2. The van der Waals surface area contributed by atoms with Crippen LogP contribution < -0.4 is 10.1 Å². The van der Waals surface area contributed by atoms with Crippen molar-refractivity contribution in [2.75, 3.05) is 0 Å². The van der Waals surface area contributed by atoms with Gasteiger partial charge in [0.05, 0.1) is 0 Å². The number of halogens is 2. The van der Waals surface area contributed by atoms with Gasteiger partial charge in [0.15, 0.2) is 6.10 Å². The average Bonchev–Trinajstić information content (AvgIpc) is 2.39. The van der Waals surface area contributed by atoms with E-state index in [1.807, 2.05) is 12.2 Å². The summed E-state index contributed by atoms with van der Waals surface area (Å²) in [6.45, 7) is 3.30. The maximum Gasteiger partial charge on any atom is 0.326 e. The molecule has 0 aliphatic rings. The van der Waals surface area contributed by atoms with Crippen LogP contribution in [-0.2, 0) is 9.59 Å². The Bertz CT molecular complexity index is 490. The average molecular weight is 301 g/mol. The number of alkyl halides is 2. The van der Waals surface area contributed by atoms with Crippen LogP contribution in [0.3, 0.4) is 0 Å². The molecular weight excluding hydrogens is 284 g/mol. The fourth-order valence-corrected chi connectivity index (χ4v) is 1.56. The molecule has 0 saturated heterocycles. The van der Waals surface area contributed by atoms with Crippen LogP contribution >= 0.6 is 0 Å². The van der Waals surface area contributed by atoms with Crippen molar-refractivity contribution in [2.45, 2.75) is 38.8 Å². The summed E-state index contributed by atoms with van der Waals surface area (Å²) in [4.78, 5) is 22.6. The van der Waals surface area contributed by atoms with Gasteiger partial charge >= 0.3 is 5.97 Å². The van der Waals surface area contributed by atoms with Crippen LogP contribution in [0.4, 0.5) is 8.78 Å². The van der Waals surface area contributed by atoms with E-state index in [1.165, 1.54) is 6.92 Å². The lowest BCUT2D eigenvalue weighted by atomic mass is 10.2. The van der Waals surface area contributed by atoms with Crippen LogP contribution in [0.15, 0.2) is 24.3 Å². The molecule has 2 N–H and O–H groups in total. The monoisotopic (exact) mass is 301 g/mol. The summed E-state index contributed by atoms with van der Waals surface area (Å²) in [5.74, 6) is -1.83. The molecule has 0 heterocycles. The molecule has 5 nitrogen and oxygen atoms in total. The van der Waals surface area contributed by atoms with E-state index in [1.54, 1.807) is 24.3 Å². The molecule has 1 aromatic rings. The Hall–Kier alpha value is -2.18. The first kappa shape index (κ1) is 16.9. The number of carboxylic acids is 1. The second kappa shape index (κ2) is 7.56. The Morgan fingerprint density at radius 3 is 2.33 bits per heavy atom. The van der Waals surface area contributed by atoms with Crippen LogP contribution in [-0.4, -0.2) is 35.6 Å².